The van der Waals surface area contributed by atoms with Gasteiger partial charge in [-0.1, -0.05) is 0 Å². The maximum atomic E-state index is 5.87. The fourth-order valence-corrected chi connectivity index (χ4v) is 1.78. The van der Waals surface area contributed by atoms with E-state index in [9.17, 15) is 0 Å². The number of hydrogen-bond acceptors (Lipinski definition) is 3. The molecule has 0 saturated heterocycles. The Labute approximate surface area is 101 Å². The Kier molecular flexibility index (Phi) is 3.10. The van der Waals surface area contributed by atoms with Gasteiger partial charge in [0.2, 0.25) is 0 Å². The largest absolute Gasteiger partial charge is 0.397 e. The number of rotatable bonds is 3. The van der Waals surface area contributed by atoms with Crippen LogP contribution >= 0.6 is 22.6 Å². The van der Waals surface area contributed by atoms with Crippen molar-refractivity contribution in [3.8, 4) is 0 Å². The molecule has 2 aromatic rings. The van der Waals surface area contributed by atoms with Crippen molar-refractivity contribution >= 4 is 34.0 Å². The highest BCUT2D eigenvalue weighted by Crippen LogP contribution is 2.21. The van der Waals surface area contributed by atoms with Crippen molar-refractivity contribution in [3.63, 3.8) is 0 Å². The minimum absolute atomic E-state index is 0.724. The highest BCUT2D eigenvalue weighted by molar-refractivity contribution is 14.1. The molecular formula is C10H11IN4. The summed E-state index contributed by atoms with van der Waals surface area (Å²) in [7, 11) is 0. The third-order valence-corrected chi connectivity index (χ3v) is 2.72. The van der Waals surface area contributed by atoms with Crippen LogP contribution in [-0.4, -0.2) is 10.2 Å². The number of nitrogens with two attached hydrogens (primary N) is 1. The first kappa shape index (κ1) is 10.3. The summed E-state index contributed by atoms with van der Waals surface area (Å²) < 4.78 is 1.14. The highest BCUT2D eigenvalue weighted by atomic mass is 127. The van der Waals surface area contributed by atoms with E-state index in [1.54, 1.807) is 6.20 Å². The van der Waals surface area contributed by atoms with Crippen LogP contribution < -0.4 is 11.1 Å². The van der Waals surface area contributed by atoms with Gasteiger partial charge in [-0.05, 0) is 40.8 Å². The van der Waals surface area contributed by atoms with Gasteiger partial charge in [-0.15, -0.1) is 0 Å². The number of halogens is 1. The minimum atomic E-state index is 0.724. The molecule has 0 amide bonds. The predicted octanol–water partition coefficient (Wildman–Crippen LogP) is 2.21. The lowest BCUT2D eigenvalue weighted by Gasteiger charge is -2.08. The molecule has 0 saturated carbocycles. The summed E-state index contributed by atoms with van der Waals surface area (Å²) in [4.78, 5) is 0. The fraction of sp³-hybridized carbons (Fsp3) is 0.100. The number of benzene rings is 1. The second kappa shape index (κ2) is 4.52. The normalized spacial score (nSPS) is 10.2. The first-order chi connectivity index (χ1) is 7.25. The number of aromatic nitrogens is 2. The number of nitrogen functional groups attached to an aromatic ring is 1. The number of H-pyrrole nitrogens is 1. The highest BCUT2D eigenvalue weighted by Gasteiger charge is 1.99. The zero-order chi connectivity index (χ0) is 10.7. The quantitative estimate of drug-likeness (QED) is 0.601. The van der Waals surface area contributed by atoms with Crippen LogP contribution in [0.5, 0.6) is 0 Å². The smallest absolute Gasteiger partial charge is 0.0577 e. The average molecular weight is 314 g/mol. The summed E-state index contributed by atoms with van der Waals surface area (Å²) in [5.41, 5.74) is 8.70. The molecule has 0 aliphatic heterocycles. The maximum absolute atomic E-state index is 5.87. The molecule has 1 heterocycles. The van der Waals surface area contributed by atoms with Crippen LogP contribution in [0.1, 0.15) is 5.56 Å². The van der Waals surface area contributed by atoms with Gasteiger partial charge < -0.3 is 11.1 Å². The van der Waals surface area contributed by atoms with E-state index in [4.69, 9.17) is 5.73 Å². The van der Waals surface area contributed by atoms with Gasteiger partial charge in [0.15, 0.2) is 0 Å². The van der Waals surface area contributed by atoms with Gasteiger partial charge in [-0.25, -0.2) is 0 Å². The van der Waals surface area contributed by atoms with Crippen molar-refractivity contribution in [1.82, 2.24) is 10.2 Å². The van der Waals surface area contributed by atoms with Gasteiger partial charge in [0.1, 0.15) is 0 Å². The van der Waals surface area contributed by atoms with Crippen molar-refractivity contribution < 1.29 is 0 Å². The molecule has 0 unspecified atom stereocenters. The van der Waals surface area contributed by atoms with E-state index in [-0.39, 0.29) is 0 Å². The summed E-state index contributed by atoms with van der Waals surface area (Å²) in [6.45, 7) is 0.724. The van der Waals surface area contributed by atoms with Gasteiger partial charge in [0.25, 0.3) is 0 Å². The van der Waals surface area contributed by atoms with E-state index >= 15 is 0 Å². The topological polar surface area (TPSA) is 66.7 Å². The number of anilines is 2. The molecular weight excluding hydrogens is 303 g/mol. The molecule has 4 N–H and O–H groups in total. The van der Waals surface area contributed by atoms with Crippen molar-refractivity contribution in [3.05, 3.63) is 39.7 Å². The van der Waals surface area contributed by atoms with E-state index in [0.29, 0.717) is 0 Å². The average Bonchev–Trinajstić information content (AvgIpc) is 2.69. The van der Waals surface area contributed by atoms with Crippen molar-refractivity contribution in [2.24, 2.45) is 0 Å². The summed E-state index contributed by atoms with van der Waals surface area (Å²) in [6, 6.07) is 5.95. The minimum Gasteiger partial charge on any atom is -0.397 e. The van der Waals surface area contributed by atoms with E-state index in [2.05, 4.69) is 38.1 Å². The Balaban J connectivity index is 2.05. The van der Waals surface area contributed by atoms with E-state index in [1.165, 1.54) is 0 Å². The number of aromatic amines is 1. The molecule has 2 rings (SSSR count). The third-order valence-electron chi connectivity index (χ3n) is 2.05. The first-order valence-electron chi connectivity index (χ1n) is 4.52. The Morgan fingerprint density at radius 1 is 1.47 bits per heavy atom. The van der Waals surface area contributed by atoms with Crippen molar-refractivity contribution in [2.75, 3.05) is 11.1 Å². The third kappa shape index (κ3) is 2.62. The van der Waals surface area contributed by atoms with Crippen LogP contribution in [0, 0.1) is 3.57 Å². The second-order valence-corrected chi connectivity index (χ2v) is 4.44. The van der Waals surface area contributed by atoms with Crippen LogP contribution in [-0.2, 0) is 6.54 Å². The Hall–Kier alpha value is -1.24. The summed E-state index contributed by atoms with van der Waals surface area (Å²) in [6.07, 6.45) is 3.64. The number of hydrogen-bond donors (Lipinski definition) is 3. The van der Waals surface area contributed by atoms with Gasteiger partial charge >= 0.3 is 0 Å². The molecule has 4 nitrogen and oxygen atoms in total. The second-order valence-electron chi connectivity index (χ2n) is 3.19. The fourth-order valence-electron chi connectivity index (χ4n) is 1.27. The Morgan fingerprint density at radius 3 is 3.00 bits per heavy atom. The molecule has 5 heteroatoms. The molecule has 78 valence electrons. The van der Waals surface area contributed by atoms with E-state index in [1.807, 2.05) is 24.4 Å². The first-order valence-corrected chi connectivity index (χ1v) is 5.60. The predicted molar refractivity (Wildman–Crippen MR) is 69.5 cm³/mol. The lowest BCUT2D eigenvalue weighted by atomic mass is 10.2. The van der Waals surface area contributed by atoms with Crippen LogP contribution in [0.3, 0.4) is 0 Å². The molecule has 0 aliphatic carbocycles. The Bertz CT molecular complexity index is 439. The zero-order valence-corrected chi connectivity index (χ0v) is 10.2. The SMILES string of the molecule is Nc1cc(I)ccc1NCc1cn[nH]c1. The van der Waals surface area contributed by atoms with Crippen LogP contribution in [0.25, 0.3) is 0 Å². The number of nitrogens with zero attached hydrogens (tertiary/aromatic N) is 1. The van der Waals surface area contributed by atoms with E-state index in [0.717, 1.165) is 27.1 Å². The maximum Gasteiger partial charge on any atom is 0.0577 e. The molecule has 0 atom stereocenters. The molecule has 0 spiro atoms. The summed E-state index contributed by atoms with van der Waals surface area (Å²) >= 11 is 2.24. The molecule has 0 bridgehead atoms. The van der Waals surface area contributed by atoms with Crippen molar-refractivity contribution in [1.29, 1.82) is 0 Å². The van der Waals surface area contributed by atoms with Gasteiger partial charge in [0, 0.05) is 21.9 Å². The van der Waals surface area contributed by atoms with Gasteiger partial charge in [-0.2, -0.15) is 5.10 Å². The van der Waals surface area contributed by atoms with Gasteiger partial charge in [0.05, 0.1) is 17.6 Å². The lowest BCUT2D eigenvalue weighted by molar-refractivity contribution is 1.09. The summed E-state index contributed by atoms with van der Waals surface area (Å²) in [5.74, 6) is 0. The van der Waals surface area contributed by atoms with Crippen molar-refractivity contribution in [2.45, 2.75) is 6.54 Å². The molecule has 0 aliphatic rings. The van der Waals surface area contributed by atoms with E-state index < -0.39 is 0 Å². The molecule has 1 aromatic heterocycles. The van der Waals surface area contributed by atoms with Gasteiger partial charge in [-0.3, -0.25) is 5.10 Å². The van der Waals surface area contributed by atoms with Crippen LogP contribution in [0.2, 0.25) is 0 Å². The molecule has 0 radical (unpaired) electrons. The molecule has 15 heavy (non-hydrogen) atoms. The van der Waals surface area contributed by atoms with Crippen LogP contribution in [0.15, 0.2) is 30.6 Å². The monoisotopic (exact) mass is 314 g/mol. The molecule has 0 fully saturated rings. The summed E-state index contributed by atoms with van der Waals surface area (Å²) in [5, 5.41) is 9.90. The Morgan fingerprint density at radius 2 is 2.33 bits per heavy atom. The lowest BCUT2D eigenvalue weighted by Crippen LogP contribution is -2.01. The number of nitrogens with one attached hydrogen (secondary N) is 2. The zero-order valence-electron chi connectivity index (χ0n) is 8.00. The standard InChI is InChI=1S/C10H11IN4/c11-8-1-2-10(9(12)3-8)13-4-7-5-14-15-6-7/h1-3,5-6,13H,4,12H2,(H,14,15). The molecule has 1 aromatic carbocycles. The van der Waals surface area contributed by atoms with Crippen LogP contribution in [0.4, 0.5) is 11.4 Å².